The van der Waals surface area contributed by atoms with Gasteiger partial charge in [0.15, 0.2) is 0 Å². The highest BCUT2D eigenvalue weighted by Crippen LogP contribution is 2.53. The Hall–Kier alpha value is -4.38. The normalized spacial score (nSPS) is 18.8. The molecule has 316 valence electrons. The van der Waals surface area contributed by atoms with E-state index in [1.807, 2.05) is 0 Å². The first-order valence-electron chi connectivity index (χ1n) is 22.0. The average Bonchev–Trinajstić information content (AvgIpc) is 3.31. The molecular weight excluding hydrogens is 795 g/mol. The molecule has 6 nitrogen and oxygen atoms in total. The van der Waals surface area contributed by atoms with E-state index in [1.165, 1.54) is 44.5 Å². The highest BCUT2D eigenvalue weighted by molar-refractivity contribution is 7.42. The number of hydrogen-bond donors (Lipinski definition) is 0. The molecule has 2 saturated heterocycles. The topological polar surface area (TPSA) is 55.4 Å². The van der Waals surface area contributed by atoms with Crippen molar-refractivity contribution in [2.24, 2.45) is 5.41 Å². The van der Waals surface area contributed by atoms with Crippen LogP contribution in [0.25, 0.3) is 0 Å². The van der Waals surface area contributed by atoms with E-state index in [0.29, 0.717) is 26.4 Å². The van der Waals surface area contributed by atoms with Crippen LogP contribution in [0.2, 0.25) is 0 Å². The fourth-order valence-corrected chi connectivity index (χ4v) is 10.6. The van der Waals surface area contributed by atoms with Gasteiger partial charge in [0.25, 0.3) is 0 Å². The van der Waals surface area contributed by atoms with Crippen LogP contribution in [-0.4, -0.2) is 26.4 Å². The molecule has 0 aliphatic carbocycles. The van der Waals surface area contributed by atoms with Gasteiger partial charge in [-0.05, 0) is 134 Å². The summed E-state index contributed by atoms with van der Waals surface area (Å²) in [5.74, 6) is 1.69. The average molecular weight is 853 g/mol. The van der Waals surface area contributed by atoms with Gasteiger partial charge in [0, 0.05) is 0 Å². The third-order valence-corrected chi connectivity index (χ3v) is 13.6. The van der Waals surface area contributed by atoms with E-state index in [1.54, 1.807) is 0 Å². The standard InChI is InChI=1S/C53H58O6P2/c1-5-17-43(18-6-1)25-13-29-47-33-35-51(49(37-47)31-15-27-45-21-9-3-10-22-45)58-60-54-39-53(40-55-60)41-56-61(57-42-53)59-52-36-34-48(30-14-26-44-19-7-2-8-20-44)38-50(52)32-16-28-46-23-11-4-12-24-46/h1-12,17-24,33-38H,13-16,25-32,39-42H2. The Morgan fingerprint density at radius 1 is 0.344 bits per heavy atom. The number of benzene rings is 6. The van der Waals surface area contributed by atoms with E-state index < -0.39 is 22.6 Å². The maximum Gasteiger partial charge on any atom is 0.397 e. The van der Waals surface area contributed by atoms with E-state index in [4.69, 9.17) is 27.1 Å². The summed E-state index contributed by atoms with van der Waals surface area (Å²) in [4.78, 5) is 0. The molecular formula is C53H58O6P2. The van der Waals surface area contributed by atoms with E-state index in [0.717, 1.165) is 88.5 Å². The van der Waals surface area contributed by atoms with E-state index in [2.05, 4.69) is 158 Å². The summed E-state index contributed by atoms with van der Waals surface area (Å²) in [5, 5.41) is 0. The van der Waals surface area contributed by atoms with Gasteiger partial charge in [0.2, 0.25) is 0 Å². The van der Waals surface area contributed by atoms with Gasteiger partial charge in [-0.2, -0.15) is 0 Å². The van der Waals surface area contributed by atoms with Crippen molar-refractivity contribution < 1.29 is 27.1 Å². The van der Waals surface area contributed by atoms with E-state index in [-0.39, 0.29) is 0 Å². The third-order valence-electron chi connectivity index (χ3n) is 11.6. The van der Waals surface area contributed by atoms with Gasteiger partial charge in [-0.25, -0.2) is 0 Å². The lowest BCUT2D eigenvalue weighted by Gasteiger charge is -2.41. The van der Waals surface area contributed by atoms with Gasteiger partial charge in [-0.3, -0.25) is 0 Å². The molecule has 0 aromatic heterocycles. The molecule has 6 aromatic carbocycles. The van der Waals surface area contributed by atoms with Crippen molar-refractivity contribution in [3.05, 3.63) is 202 Å². The molecule has 2 aliphatic heterocycles. The SMILES string of the molecule is c1ccc(CCCc2ccc(OP3OCC4(CO3)COP(Oc3ccc(CCCc5ccccc5)cc3CCCc3ccccc3)OC4)c(CCCc3ccccc3)c2)cc1. The Bertz CT molecular complexity index is 2030. The van der Waals surface area contributed by atoms with E-state index >= 15 is 0 Å². The molecule has 8 heteroatoms. The zero-order valence-corrected chi connectivity index (χ0v) is 37.0. The van der Waals surface area contributed by atoms with Gasteiger partial charge >= 0.3 is 17.2 Å². The van der Waals surface area contributed by atoms with Gasteiger partial charge in [0.1, 0.15) is 11.5 Å². The van der Waals surface area contributed by atoms with Crippen LogP contribution in [0.5, 0.6) is 11.5 Å². The maximum atomic E-state index is 6.50. The molecule has 0 radical (unpaired) electrons. The second kappa shape index (κ2) is 22.6. The highest BCUT2D eigenvalue weighted by atomic mass is 31.2. The van der Waals surface area contributed by atoms with Crippen LogP contribution in [-0.2, 0) is 69.5 Å². The monoisotopic (exact) mass is 852 g/mol. The smallest absolute Gasteiger partial charge is 0.397 e. The Kier molecular flexibility index (Phi) is 16.1. The van der Waals surface area contributed by atoms with Crippen molar-refractivity contribution in [3.63, 3.8) is 0 Å². The lowest BCUT2D eigenvalue weighted by atomic mass is 9.93. The van der Waals surface area contributed by atoms with Crippen LogP contribution >= 0.6 is 17.2 Å². The van der Waals surface area contributed by atoms with Crippen molar-refractivity contribution in [1.29, 1.82) is 0 Å². The summed E-state index contributed by atoms with van der Waals surface area (Å²) >= 11 is 0. The summed E-state index contributed by atoms with van der Waals surface area (Å²) in [6, 6.07) is 56.1. The molecule has 2 fully saturated rings. The first-order chi connectivity index (χ1) is 30.1. The molecule has 2 aliphatic rings. The Balaban J connectivity index is 0.842. The van der Waals surface area contributed by atoms with Crippen LogP contribution in [0.3, 0.4) is 0 Å². The number of rotatable bonds is 20. The molecule has 61 heavy (non-hydrogen) atoms. The lowest BCUT2D eigenvalue weighted by Crippen LogP contribution is -2.45. The van der Waals surface area contributed by atoms with Gasteiger partial charge < -0.3 is 27.1 Å². The molecule has 0 bridgehead atoms. The quantitative estimate of drug-likeness (QED) is 0.0713. The fourth-order valence-electron chi connectivity index (χ4n) is 8.03. The first kappa shape index (κ1) is 43.3. The van der Waals surface area contributed by atoms with Gasteiger partial charge in [0.05, 0.1) is 31.8 Å². The Labute approximate surface area is 365 Å². The van der Waals surface area contributed by atoms with Gasteiger partial charge in [-0.1, -0.05) is 146 Å². The van der Waals surface area contributed by atoms with Crippen molar-refractivity contribution in [1.82, 2.24) is 0 Å². The number of aryl methyl sites for hydroxylation is 8. The van der Waals surface area contributed by atoms with Crippen molar-refractivity contribution in [3.8, 4) is 11.5 Å². The summed E-state index contributed by atoms with van der Waals surface area (Å²) in [7, 11) is -3.12. The number of hydrogen-bond acceptors (Lipinski definition) is 6. The Morgan fingerprint density at radius 2 is 0.639 bits per heavy atom. The van der Waals surface area contributed by atoms with Crippen LogP contribution < -0.4 is 9.05 Å². The fraction of sp³-hybridized carbons (Fsp3) is 0.321. The summed E-state index contributed by atoms with van der Waals surface area (Å²) < 4.78 is 38.2. The molecule has 0 atom stereocenters. The minimum Gasteiger partial charge on any atom is -0.426 e. The maximum absolute atomic E-state index is 6.50. The summed E-state index contributed by atoms with van der Waals surface area (Å²) in [6.07, 6.45) is 12.3. The largest absolute Gasteiger partial charge is 0.426 e. The summed E-state index contributed by atoms with van der Waals surface area (Å²) in [5.41, 5.74) is 10.1. The molecule has 0 saturated carbocycles. The van der Waals surface area contributed by atoms with Crippen LogP contribution in [0.15, 0.2) is 158 Å². The van der Waals surface area contributed by atoms with Crippen LogP contribution in [0.4, 0.5) is 0 Å². The minimum atomic E-state index is -1.56. The van der Waals surface area contributed by atoms with E-state index in [9.17, 15) is 0 Å². The molecule has 1 spiro atoms. The second-order valence-corrected chi connectivity index (χ2v) is 18.8. The molecule has 0 amide bonds. The zero-order chi connectivity index (χ0) is 41.4. The predicted octanol–water partition coefficient (Wildman–Crippen LogP) is 13.4. The predicted molar refractivity (Wildman–Crippen MR) is 248 cm³/mol. The minimum absolute atomic E-state index is 0.410. The zero-order valence-electron chi connectivity index (χ0n) is 35.2. The van der Waals surface area contributed by atoms with Crippen LogP contribution in [0.1, 0.15) is 70.2 Å². The van der Waals surface area contributed by atoms with Crippen molar-refractivity contribution >= 4 is 17.2 Å². The first-order valence-corrected chi connectivity index (χ1v) is 24.2. The van der Waals surface area contributed by atoms with Crippen molar-refractivity contribution in [2.45, 2.75) is 77.0 Å². The second-order valence-electron chi connectivity index (χ2n) is 16.5. The molecule has 6 aromatic rings. The highest BCUT2D eigenvalue weighted by Gasteiger charge is 2.45. The third kappa shape index (κ3) is 13.3. The molecule has 2 heterocycles. The molecule has 0 N–H and O–H groups in total. The Morgan fingerprint density at radius 3 is 0.967 bits per heavy atom. The lowest BCUT2D eigenvalue weighted by molar-refractivity contribution is -0.0673. The summed E-state index contributed by atoms with van der Waals surface area (Å²) in [6.45, 7) is 1.74. The van der Waals surface area contributed by atoms with Gasteiger partial charge in [-0.15, -0.1) is 0 Å². The molecule has 8 rings (SSSR count). The molecule has 0 unspecified atom stereocenters. The van der Waals surface area contributed by atoms with Crippen molar-refractivity contribution in [2.75, 3.05) is 26.4 Å². The van der Waals surface area contributed by atoms with Crippen LogP contribution in [0, 0.1) is 5.41 Å².